The summed E-state index contributed by atoms with van der Waals surface area (Å²) in [4.78, 5) is 33.8. The first-order valence-corrected chi connectivity index (χ1v) is 5.94. The Hall–Kier alpha value is -2.83. The predicted octanol–water partition coefficient (Wildman–Crippen LogP) is 1.65. The fourth-order valence-electron chi connectivity index (χ4n) is 1.80. The van der Waals surface area contributed by atoms with Crippen LogP contribution in [0.5, 0.6) is 17.2 Å². The van der Waals surface area contributed by atoms with E-state index in [0.29, 0.717) is 5.39 Å². The molecule has 0 saturated carbocycles. The van der Waals surface area contributed by atoms with Crippen molar-refractivity contribution in [1.29, 1.82) is 0 Å². The molecule has 0 aliphatic carbocycles. The lowest BCUT2D eigenvalue weighted by molar-refractivity contribution is -0.133. The van der Waals surface area contributed by atoms with Crippen molar-refractivity contribution < 1.29 is 28.2 Å². The van der Waals surface area contributed by atoms with Gasteiger partial charge in [-0.15, -0.1) is 0 Å². The molecule has 2 aromatic rings. The lowest BCUT2D eigenvalue weighted by Gasteiger charge is -2.10. The molecule has 7 heteroatoms. The van der Waals surface area contributed by atoms with Crippen LogP contribution >= 0.6 is 0 Å². The second-order valence-corrected chi connectivity index (χ2v) is 4.10. The van der Waals surface area contributed by atoms with Gasteiger partial charge in [0, 0.05) is 19.9 Å². The number of benzene rings is 1. The lowest BCUT2D eigenvalue weighted by atomic mass is 10.2. The largest absolute Gasteiger partial charge is 0.492 e. The molecule has 0 atom stereocenters. The second kappa shape index (κ2) is 5.66. The summed E-state index contributed by atoms with van der Waals surface area (Å²) in [5.74, 6) is -1.19. The Morgan fingerprint density at radius 1 is 1.05 bits per heavy atom. The molecular weight excluding hydrogens is 280 g/mol. The molecule has 0 aliphatic rings. The van der Waals surface area contributed by atoms with Crippen LogP contribution in [-0.2, 0) is 9.59 Å². The van der Waals surface area contributed by atoms with E-state index in [0.717, 1.165) is 6.92 Å². The van der Waals surface area contributed by atoms with E-state index in [1.54, 1.807) is 0 Å². The lowest BCUT2D eigenvalue weighted by Crippen LogP contribution is -2.12. The predicted molar refractivity (Wildman–Crippen MR) is 71.7 cm³/mol. The molecule has 2 rings (SSSR count). The van der Waals surface area contributed by atoms with E-state index in [4.69, 9.17) is 18.6 Å². The standard InChI is InChI=1S/C14H12O7/c1-7(15)19-9-4-5-10-11(6-9)21-14(17)13(12(10)18-3)20-8(2)16/h4-6H,1-3H3. The van der Waals surface area contributed by atoms with Crippen LogP contribution in [0.2, 0.25) is 0 Å². The quantitative estimate of drug-likeness (QED) is 0.482. The Labute approximate surface area is 119 Å². The van der Waals surface area contributed by atoms with Crippen molar-refractivity contribution in [2.75, 3.05) is 7.11 Å². The molecule has 0 saturated heterocycles. The SMILES string of the molecule is COc1c(OC(C)=O)c(=O)oc2cc(OC(C)=O)ccc12. The third-order valence-corrected chi connectivity index (χ3v) is 2.50. The van der Waals surface area contributed by atoms with Crippen LogP contribution in [0.1, 0.15) is 13.8 Å². The van der Waals surface area contributed by atoms with Gasteiger partial charge in [0.2, 0.25) is 0 Å². The summed E-state index contributed by atoms with van der Waals surface area (Å²) in [6.45, 7) is 2.41. The van der Waals surface area contributed by atoms with Gasteiger partial charge >= 0.3 is 17.6 Å². The van der Waals surface area contributed by atoms with E-state index in [1.807, 2.05) is 0 Å². The van der Waals surface area contributed by atoms with Gasteiger partial charge in [-0.1, -0.05) is 0 Å². The van der Waals surface area contributed by atoms with Gasteiger partial charge in [0.1, 0.15) is 11.3 Å². The smallest absolute Gasteiger partial charge is 0.383 e. The average Bonchev–Trinajstić information content (AvgIpc) is 2.38. The molecule has 1 aromatic carbocycles. The Bertz CT molecular complexity index is 773. The minimum Gasteiger partial charge on any atom is -0.492 e. The Balaban J connectivity index is 2.65. The van der Waals surface area contributed by atoms with Gasteiger partial charge in [-0.3, -0.25) is 9.59 Å². The van der Waals surface area contributed by atoms with Crippen LogP contribution in [0.25, 0.3) is 11.0 Å². The van der Waals surface area contributed by atoms with Gasteiger partial charge in [-0.05, 0) is 12.1 Å². The highest BCUT2D eigenvalue weighted by Crippen LogP contribution is 2.34. The summed E-state index contributed by atoms with van der Waals surface area (Å²) >= 11 is 0. The summed E-state index contributed by atoms with van der Waals surface area (Å²) in [6, 6.07) is 4.41. The zero-order chi connectivity index (χ0) is 15.6. The van der Waals surface area contributed by atoms with Crippen molar-refractivity contribution in [1.82, 2.24) is 0 Å². The molecule has 110 valence electrons. The number of fused-ring (bicyclic) bond motifs is 1. The minimum absolute atomic E-state index is 0.0748. The van der Waals surface area contributed by atoms with E-state index in [-0.39, 0.29) is 22.8 Å². The molecule has 1 aromatic heterocycles. The molecule has 0 spiro atoms. The van der Waals surface area contributed by atoms with Gasteiger partial charge in [-0.25, -0.2) is 4.79 Å². The molecule has 0 unspecified atom stereocenters. The summed E-state index contributed by atoms with van der Waals surface area (Å²) < 4.78 is 19.9. The molecule has 0 bridgehead atoms. The maximum atomic E-state index is 11.9. The zero-order valence-corrected chi connectivity index (χ0v) is 11.6. The highest BCUT2D eigenvalue weighted by Gasteiger charge is 2.19. The molecule has 1 heterocycles. The number of carbonyl (C=O) groups excluding carboxylic acids is 2. The maximum Gasteiger partial charge on any atom is 0.383 e. The first-order valence-electron chi connectivity index (χ1n) is 5.94. The fraction of sp³-hybridized carbons (Fsp3) is 0.214. The average molecular weight is 292 g/mol. The van der Waals surface area contributed by atoms with E-state index < -0.39 is 17.6 Å². The monoisotopic (exact) mass is 292 g/mol. The molecule has 0 N–H and O–H groups in total. The van der Waals surface area contributed by atoms with Gasteiger partial charge in [-0.2, -0.15) is 0 Å². The third kappa shape index (κ3) is 3.02. The van der Waals surface area contributed by atoms with Crippen LogP contribution in [0.4, 0.5) is 0 Å². The van der Waals surface area contributed by atoms with E-state index in [9.17, 15) is 14.4 Å². The van der Waals surface area contributed by atoms with Gasteiger partial charge in [0.15, 0.2) is 5.75 Å². The van der Waals surface area contributed by atoms with Crippen molar-refractivity contribution >= 4 is 22.9 Å². The summed E-state index contributed by atoms with van der Waals surface area (Å²) in [5.41, 5.74) is -0.721. The van der Waals surface area contributed by atoms with Crippen LogP contribution < -0.4 is 19.8 Å². The van der Waals surface area contributed by atoms with Crippen LogP contribution in [-0.4, -0.2) is 19.0 Å². The minimum atomic E-state index is -0.866. The van der Waals surface area contributed by atoms with Crippen molar-refractivity contribution in [2.24, 2.45) is 0 Å². The van der Waals surface area contributed by atoms with Gasteiger partial charge in [0.25, 0.3) is 5.75 Å². The number of ether oxygens (including phenoxy) is 3. The zero-order valence-electron chi connectivity index (χ0n) is 11.6. The number of rotatable bonds is 3. The van der Waals surface area contributed by atoms with Gasteiger partial charge < -0.3 is 18.6 Å². The molecular formula is C14H12O7. The number of hydrogen-bond acceptors (Lipinski definition) is 7. The first-order chi connectivity index (χ1) is 9.92. The van der Waals surface area contributed by atoms with Crippen LogP contribution in [0.15, 0.2) is 27.4 Å². The molecule has 0 aliphatic heterocycles. The van der Waals surface area contributed by atoms with E-state index in [2.05, 4.69) is 0 Å². The normalized spacial score (nSPS) is 10.2. The van der Waals surface area contributed by atoms with Gasteiger partial charge in [0.05, 0.1) is 12.5 Å². The Kier molecular flexibility index (Phi) is 3.93. The van der Waals surface area contributed by atoms with Crippen LogP contribution in [0, 0.1) is 0 Å². The molecule has 0 radical (unpaired) electrons. The maximum absolute atomic E-state index is 11.9. The number of hydrogen-bond donors (Lipinski definition) is 0. The number of carbonyl (C=O) groups is 2. The molecule has 21 heavy (non-hydrogen) atoms. The summed E-state index contributed by atoms with van der Waals surface area (Å²) in [6.07, 6.45) is 0. The molecule has 7 nitrogen and oxygen atoms in total. The molecule has 0 amide bonds. The summed E-state index contributed by atoms with van der Waals surface area (Å²) in [5, 5.41) is 0.407. The van der Waals surface area contributed by atoms with E-state index in [1.165, 1.54) is 32.2 Å². The van der Waals surface area contributed by atoms with Crippen molar-refractivity contribution in [3.05, 3.63) is 28.6 Å². The topological polar surface area (TPSA) is 92.0 Å². The summed E-state index contributed by atoms with van der Waals surface area (Å²) in [7, 11) is 1.33. The van der Waals surface area contributed by atoms with E-state index >= 15 is 0 Å². The highest BCUT2D eigenvalue weighted by atomic mass is 16.6. The number of methoxy groups -OCH3 is 1. The highest BCUT2D eigenvalue weighted by molar-refractivity contribution is 5.88. The Morgan fingerprint density at radius 2 is 1.71 bits per heavy atom. The first kappa shape index (κ1) is 14.6. The number of esters is 2. The van der Waals surface area contributed by atoms with Crippen molar-refractivity contribution in [3.63, 3.8) is 0 Å². The molecule has 0 fully saturated rings. The Morgan fingerprint density at radius 3 is 2.29 bits per heavy atom. The third-order valence-electron chi connectivity index (χ3n) is 2.50. The fourth-order valence-corrected chi connectivity index (χ4v) is 1.80. The van der Waals surface area contributed by atoms with Crippen LogP contribution in [0.3, 0.4) is 0 Å². The van der Waals surface area contributed by atoms with Crippen molar-refractivity contribution in [3.8, 4) is 17.2 Å². The second-order valence-electron chi connectivity index (χ2n) is 4.10. The van der Waals surface area contributed by atoms with Crippen molar-refractivity contribution in [2.45, 2.75) is 13.8 Å².